The van der Waals surface area contributed by atoms with E-state index in [0.29, 0.717) is 4.48 Å². The van der Waals surface area contributed by atoms with E-state index in [1.165, 1.54) is 103 Å². The number of halogens is 1. The van der Waals surface area contributed by atoms with Crippen LogP contribution in [0.1, 0.15) is 110 Å². The Bertz CT molecular complexity index is 396. The number of quaternary nitrogens is 1. The van der Waals surface area contributed by atoms with Gasteiger partial charge in [-0.05, 0) is 29.9 Å². The maximum atomic E-state index is 5.92. The van der Waals surface area contributed by atoms with Gasteiger partial charge in [0.25, 0.3) is 0 Å². The first-order valence-corrected chi connectivity index (χ1v) is 14.8. The van der Waals surface area contributed by atoms with Gasteiger partial charge in [-0.3, -0.25) is 4.48 Å². The van der Waals surface area contributed by atoms with Crippen molar-refractivity contribution < 1.29 is 31.1 Å². The van der Waals surface area contributed by atoms with Gasteiger partial charge in [0.1, 0.15) is 0 Å². The quantitative estimate of drug-likeness (QED) is 0.0874. The largest absolute Gasteiger partial charge is 1.00 e. The molecule has 0 fully saturated rings. The molecule has 4 nitrogen and oxygen atoms in total. The summed E-state index contributed by atoms with van der Waals surface area (Å²) in [6.45, 7) is 3.34. The maximum absolute atomic E-state index is 5.92. The third kappa shape index (κ3) is 15.3. The fourth-order valence-corrected chi connectivity index (χ4v) is 5.86. The molecule has 0 aliphatic rings. The first-order chi connectivity index (χ1) is 15.0. The smallest absolute Gasteiger partial charge is 0.345 e. The lowest BCUT2D eigenvalue weighted by Crippen LogP contribution is -3.00. The van der Waals surface area contributed by atoms with E-state index >= 15 is 0 Å². The van der Waals surface area contributed by atoms with Crippen LogP contribution >= 0.6 is 0 Å². The second-order valence-corrected chi connectivity index (χ2v) is 10.7. The summed E-state index contributed by atoms with van der Waals surface area (Å²) < 4.78 is 18.3. The number of unbranched alkanes of at least 4 members (excludes halogenated alkanes) is 15. The Morgan fingerprint density at radius 2 is 1.00 bits per heavy atom. The minimum Gasteiger partial charge on any atom is -1.00 e. The predicted octanol–water partition coefficient (Wildman–Crippen LogP) is 1.62. The summed E-state index contributed by atoms with van der Waals surface area (Å²) >= 11 is 0. The molecule has 0 heterocycles. The lowest BCUT2D eigenvalue weighted by atomic mass is 10.0. The van der Waals surface area contributed by atoms with E-state index < -0.39 is 5.91 Å². The molecule has 0 spiro atoms. The molecular weight excluding hydrogens is 466 g/mol. The highest BCUT2D eigenvalue weighted by atomic mass is 35.5. The Kier molecular flexibility index (Phi) is 28.0. The zero-order chi connectivity index (χ0) is 23.4. The zero-order valence-corrected chi connectivity index (χ0v) is 25.6. The molecule has 7 heteroatoms. The van der Waals surface area contributed by atoms with Crippen molar-refractivity contribution in [1.82, 2.24) is 0 Å². The Hall–Kier alpha value is 0.564. The number of nitrogens with zero attached hydrogens (tertiary/aromatic N) is 1. The van der Waals surface area contributed by atoms with Crippen LogP contribution in [-0.2, 0) is 14.2 Å². The van der Waals surface area contributed by atoms with Gasteiger partial charge in [-0.25, -0.2) is 0 Å². The van der Waals surface area contributed by atoms with E-state index in [2.05, 4.69) is 21.0 Å². The monoisotopic (exact) mass is 527 g/mol. The topological polar surface area (TPSA) is 27.7 Å². The normalized spacial score (nSPS) is 12.9. The molecule has 0 amide bonds. The summed E-state index contributed by atoms with van der Waals surface area (Å²) in [7, 11) is 10.8. The highest BCUT2D eigenvalue weighted by Crippen LogP contribution is 2.31. The van der Waals surface area contributed by atoms with Gasteiger partial charge in [0.15, 0.2) is 6.10 Å². The number of methoxy groups -OCH3 is 3. The molecular formula is C26H62ClNO3Si2. The fourth-order valence-electron chi connectivity index (χ4n) is 5.01. The first kappa shape index (κ1) is 38.1. The van der Waals surface area contributed by atoms with E-state index in [9.17, 15) is 0 Å². The standard InChI is InChI=1S/C26H58NO3Si.ClH.H4Si/c1-7-8-9-10-11-12-13-14-15-16-17-18-19-20-21-22-23-27(2,3)26(29-5,30-6)25(24-31)28-4;;/h25H,7-24H2,1-6,31H3;1H;1H4/q+1;;/p-1. The summed E-state index contributed by atoms with van der Waals surface area (Å²) in [6, 6.07) is 0.999. The van der Waals surface area contributed by atoms with Gasteiger partial charge in [0, 0.05) is 31.6 Å². The molecule has 0 bridgehead atoms. The summed E-state index contributed by atoms with van der Waals surface area (Å²) in [4.78, 5) is 0. The minimum atomic E-state index is -0.716. The molecule has 0 aliphatic heterocycles. The van der Waals surface area contributed by atoms with Crippen molar-refractivity contribution in [1.29, 1.82) is 0 Å². The van der Waals surface area contributed by atoms with Gasteiger partial charge < -0.3 is 26.6 Å². The Morgan fingerprint density at radius 1 is 0.667 bits per heavy atom. The van der Waals surface area contributed by atoms with E-state index in [4.69, 9.17) is 14.2 Å². The van der Waals surface area contributed by atoms with Crippen LogP contribution in [0.5, 0.6) is 0 Å². The van der Waals surface area contributed by atoms with E-state index in [-0.39, 0.29) is 29.5 Å². The highest BCUT2D eigenvalue weighted by molar-refractivity contribution is 6.08. The molecule has 0 saturated heterocycles. The second-order valence-electron chi connectivity index (χ2n) is 9.88. The summed E-state index contributed by atoms with van der Waals surface area (Å²) in [6.07, 6.45) is 22.4. The van der Waals surface area contributed by atoms with Crippen LogP contribution in [0, 0.1) is 0 Å². The van der Waals surface area contributed by atoms with Crippen molar-refractivity contribution in [2.24, 2.45) is 0 Å². The first-order valence-electron chi connectivity index (χ1n) is 13.4. The molecule has 0 aliphatic carbocycles. The van der Waals surface area contributed by atoms with Gasteiger partial charge in [-0.2, -0.15) is 0 Å². The van der Waals surface area contributed by atoms with Gasteiger partial charge in [-0.15, -0.1) is 0 Å². The van der Waals surface area contributed by atoms with Crippen LogP contribution in [0.2, 0.25) is 6.04 Å². The van der Waals surface area contributed by atoms with Crippen molar-refractivity contribution in [2.75, 3.05) is 42.0 Å². The molecule has 0 saturated carbocycles. The van der Waals surface area contributed by atoms with Crippen molar-refractivity contribution in [3.05, 3.63) is 0 Å². The molecule has 0 N–H and O–H groups in total. The molecule has 204 valence electrons. The summed E-state index contributed by atoms with van der Waals surface area (Å²) in [5, 5.41) is 0. The third-order valence-electron chi connectivity index (χ3n) is 7.06. The van der Waals surface area contributed by atoms with E-state index in [0.717, 1.165) is 22.8 Å². The molecule has 0 aromatic heterocycles. The Morgan fingerprint density at radius 3 is 1.27 bits per heavy atom. The Labute approximate surface area is 221 Å². The van der Waals surface area contributed by atoms with Crippen molar-refractivity contribution in [3.8, 4) is 0 Å². The molecule has 1 unspecified atom stereocenters. The van der Waals surface area contributed by atoms with Gasteiger partial charge in [0.2, 0.25) is 0 Å². The summed E-state index contributed by atoms with van der Waals surface area (Å²) in [5.41, 5.74) is 0. The molecule has 33 heavy (non-hydrogen) atoms. The van der Waals surface area contributed by atoms with Crippen molar-refractivity contribution >= 4 is 21.2 Å². The average molecular weight is 528 g/mol. The SMILES string of the molecule is CCCCCCCCCCCCCCCCCC[N+](C)(C)C(OC)(OC)C(C[SiH3])OC.[Cl-].[SiH4]. The number of rotatable bonds is 23. The average Bonchev–Trinajstić information content (AvgIpc) is 2.77. The van der Waals surface area contributed by atoms with Crippen LogP contribution in [-0.4, -0.2) is 79.7 Å². The molecule has 0 aromatic carbocycles. The van der Waals surface area contributed by atoms with Crippen LogP contribution in [0.3, 0.4) is 0 Å². The van der Waals surface area contributed by atoms with Crippen LogP contribution in [0.15, 0.2) is 0 Å². The van der Waals surface area contributed by atoms with Crippen LogP contribution < -0.4 is 12.4 Å². The maximum Gasteiger partial charge on any atom is 0.345 e. The summed E-state index contributed by atoms with van der Waals surface area (Å²) in [5.74, 6) is -0.716. The molecule has 0 radical (unpaired) electrons. The van der Waals surface area contributed by atoms with Crippen LogP contribution in [0.25, 0.3) is 0 Å². The van der Waals surface area contributed by atoms with Crippen molar-refractivity contribution in [2.45, 2.75) is 128 Å². The minimum absolute atomic E-state index is 0. The second kappa shape index (κ2) is 24.3. The van der Waals surface area contributed by atoms with Gasteiger partial charge in [-0.1, -0.05) is 96.8 Å². The van der Waals surface area contributed by atoms with Crippen molar-refractivity contribution in [3.63, 3.8) is 0 Å². The molecule has 1 atom stereocenters. The predicted molar refractivity (Wildman–Crippen MR) is 150 cm³/mol. The Balaban J connectivity index is -0.00000450. The molecule has 0 rings (SSSR count). The van der Waals surface area contributed by atoms with E-state index in [1.54, 1.807) is 21.3 Å². The van der Waals surface area contributed by atoms with Gasteiger partial charge in [0.05, 0.1) is 20.6 Å². The number of hydrogen-bond donors (Lipinski definition) is 0. The van der Waals surface area contributed by atoms with E-state index in [1.807, 2.05) is 0 Å². The number of likely N-dealkylation sites (N-methyl/N-ethyl adjacent to an activating group) is 1. The lowest BCUT2D eigenvalue weighted by Gasteiger charge is -2.48. The van der Waals surface area contributed by atoms with Gasteiger partial charge >= 0.3 is 5.91 Å². The molecule has 0 aromatic rings. The van der Waals surface area contributed by atoms with Crippen LogP contribution in [0.4, 0.5) is 0 Å². The lowest BCUT2D eigenvalue weighted by molar-refractivity contribution is -0.999. The number of hydrogen-bond acceptors (Lipinski definition) is 3. The highest BCUT2D eigenvalue weighted by Gasteiger charge is 2.53. The fraction of sp³-hybridized carbons (Fsp3) is 1.00. The zero-order valence-electron chi connectivity index (χ0n) is 22.9. The third-order valence-corrected chi connectivity index (χ3v) is 7.80. The number of ether oxygens (including phenoxy) is 3.